The summed E-state index contributed by atoms with van der Waals surface area (Å²) in [5, 5.41) is 10.4. The highest BCUT2D eigenvalue weighted by atomic mass is 32.2. The smallest absolute Gasteiger partial charge is 0.301 e. The van der Waals surface area contributed by atoms with E-state index in [1.165, 1.54) is 26.6 Å². The molecule has 0 saturated carbocycles. The van der Waals surface area contributed by atoms with Gasteiger partial charge < -0.3 is 5.11 Å². The molecule has 25 heavy (non-hydrogen) atoms. The molecule has 2 aromatic rings. The number of aromatic hydroxyl groups is 1. The van der Waals surface area contributed by atoms with E-state index in [2.05, 4.69) is 44.5 Å². The van der Waals surface area contributed by atoms with Crippen LogP contribution in [-0.2, 0) is 10.2 Å². The van der Waals surface area contributed by atoms with Gasteiger partial charge >= 0.3 is 10.2 Å². The second-order valence-electron chi connectivity index (χ2n) is 6.75. The summed E-state index contributed by atoms with van der Waals surface area (Å²) in [4.78, 5) is 0. The van der Waals surface area contributed by atoms with Crippen molar-refractivity contribution < 1.29 is 13.5 Å². The maximum Gasteiger partial charge on any atom is 0.301 e. The van der Waals surface area contributed by atoms with Crippen LogP contribution in [-0.4, -0.2) is 26.6 Å². The maximum atomic E-state index is 12.0. The molecular formula is C19H24N2O3S. The molecule has 0 aliphatic carbocycles. The fourth-order valence-electron chi connectivity index (χ4n) is 3.79. The standard InChI is InChI=1S/C19H24N2O3S/c1-12-9-13(2)19(14(3)10-12)15(4)16-5-6-17(18(22)11-16)21-8-7-20-25(21,23)24/h5-6,9-11,15,20,22H,7-8H2,1-4H3. The van der Waals surface area contributed by atoms with Gasteiger partial charge in [0.1, 0.15) is 5.75 Å². The highest BCUT2D eigenvalue weighted by Gasteiger charge is 2.30. The molecule has 0 aromatic heterocycles. The maximum absolute atomic E-state index is 12.0. The Bertz CT molecular complexity index is 899. The SMILES string of the molecule is Cc1cc(C)c(C(C)c2ccc(N3CCNS3(=O)=O)c(O)c2)c(C)c1. The van der Waals surface area contributed by atoms with Gasteiger partial charge in [-0.05, 0) is 55.2 Å². The van der Waals surface area contributed by atoms with Crippen LogP contribution in [0.3, 0.4) is 0 Å². The number of aryl methyl sites for hydroxylation is 3. The quantitative estimate of drug-likeness (QED) is 0.883. The lowest BCUT2D eigenvalue weighted by molar-refractivity contribution is 0.474. The van der Waals surface area contributed by atoms with Gasteiger partial charge in [0.2, 0.25) is 0 Å². The normalized spacial score (nSPS) is 17.7. The first-order valence-electron chi connectivity index (χ1n) is 8.38. The average Bonchev–Trinajstić information content (AvgIpc) is 2.85. The third-order valence-corrected chi connectivity index (χ3v) is 6.36. The predicted molar refractivity (Wildman–Crippen MR) is 101 cm³/mol. The molecule has 1 aliphatic heterocycles. The Hall–Kier alpha value is -2.05. The van der Waals surface area contributed by atoms with Gasteiger partial charge in [-0.2, -0.15) is 13.1 Å². The van der Waals surface area contributed by atoms with Crippen LogP contribution >= 0.6 is 0 Å². The minimum atomic E-state index is -3.54. The molecule has 2 N–H and O–H groups in total. The first kappa shape index (κ1) is 17.8. The summed E-state index contributed by atoms with van der Waals surface area (Å²) in [5.74, 6) is 0.0907. The van der Waals surface area contributed by atoms with Gasteiger partial charge in [0.15, 0.2) is 0 Å². The summed E-state index contributed by atoms with van der Waals surface area (Å²) in [7, 11) is -3.54. The molecule has 1 heterocycles. The Balaban J connectivity index is 1.99. The number of nitrogens with one attached hydrogen (secondary N) is 1. The van der Waals surface area contributed by atoms with Crippen LogP contribution in [0.1, 0.15) is 40.7 Å². The fourth-order valence-corrected chi connectivity index (χ4v) is 5.04. The van der Waals surface area contributed by atoms with Crippen molar-refractivity contribution in [2.75, 3.05) is 17.4 Å². The second kappa shape index (κ2) is 6.35. The highest BCUT2D eigenvalue weighted by Crippen LogP contribution is 2.36. The van der Waals surface area contributed by atoms with Crippen LogP contribution in [0.2, 0.25) is 0 Å². The van der Waals surface area contributed by atoms with Crippen molar-refractivity contribution in [1.29, 1.82) is 0 Å². The summed E-state index contributed by atoms with van der Waals surface area (Å²) >= 11 is 0. The molecule has 1 atom stereocenters. The fraction of sp³-hybridized carbons (Fsp3) is 0.368. The lowest BCUT2D eigenvalue weighted by Gasteiger charge is -2.21. The van der Waals surface area contributed by atoms with Crippen molar-refractivity contribution in [3.05, 3.63) is 58.1 Å². The van der Waals surface area contributed by atoms with E-state index in [1.807, 2.05) is 6.07 Å². The third-order valence-electron chi connectivity index (χ3n) is 4.83. The number of hydrogen-bond acceptors (Lipinski definition) is 3. The first-order chi connectivity index (χ1) is 11.7. The summed E-state index contributed by atoms with van der Waals surface area (Å²) in [5.41, 5.74) is 6.20. The van der Waals surface area contributed by atoms with E-state index in [1.54, 1.807) is 12.1 Å². The van der Waals surface area contributed by atoms with Crippen LogP contribution < -0.4 is 9.03 Å². The lowest BCUT2D eigenvalue weighted by Crippen LogP contribution is -2.29. The molecule has 134 valence electrons. The van der Waals surface area contributed by atoms with E-state index in [4.69, 9.17) is 0 Å². The molecule has 0 bridgehead atoms. The number of rotatable bonds is 3. The van der Waals surface area contributed by atoms with Crippen molar-refractivity contribution in [2.45, 2.75) is 33.6 Å². The van der Waals surface area contributed by atoms with Gasteiger partial charge in [0.05, 0.1) is 5.69 Å². The minimum absolute atomic E-state index is 0.0148. The number of phenols is 1. The predicted octanol–water partition coefficient (Wildman–Crippen LogP) is 3.12. The van der Waals surface area contributed by atoms with Gasteiger partial charge in [0.25, 0.3) is 0 Å². The minimum Gasteiger partial charge on any atom is -0.506 e. The molecule has 1 aliphatic rings. The Kier molecular flexibility index (Phi) is 4.51. The zero-order valence-corrected chi connectivity index (χ0v) is 15.8. The molecule has 1 saturated heterocycles. The van der Waals surface area contributed by atoms with E-state index >= 15 is 0 Å². The van der Waals surface area contributed by atoms with Crippen molar-refractivity contribution >= 4 is 15.9 Å². The highest BCUT2D eigenvalue weighted by molar-refractivity contribution is 7.91. The van der Waals surface area contributed by atoms with Gasteiger partial charge in [-0.25, -0.2) is 0 Å². The lowest BCUT2D eigenvalue weighted by atomic mass is 9.86. The number of anilines is 1. The second-order valence-corrected chi connectivity index (χ2v) is 8.43. The van der Waals surface area contributed by atoms with Gasteiger partial charge in [0, 0.05) is 19.0 Å². The van der Waals surface area contributed by atoms with Gasteiger partial charge in [-0.15, -0.1) is 0 Å². The molecular weight excluding hydrogens is 336 g/mol. The molecule has 6 heteroatoms. The Labute approximate surface area is 149 Å². The molecule has 5 nitrogen and oxygen atoms in total. The third kappa shape index (κ3) is 3.24. The largest absolute Gasteiger partial charge is 0.506 e. The van der Waals surface area contributed by atoms with E-state index in [0.29, 0.717) is 18.8 Å². The van der Waals surface area contributed by atoms with Crippen LogP contribution in [0, 0.1) is 20.8 Å². The Morgan fingerprint density at radius 2 is 1.76 bits per heavy atom. The number of benzene rings is 2. The topological polar surface area (TPSA) is 69.6 Å². The van der Waals surface area contributed by atoms with Gasteiger partial charge in [-0.3, -0.25) is 4.31 Å². The summed E-state index contributed by atoms with van der Waals surface area (Å²) in [6.45, 7) is 9.06. The van der Waals surface area contributed by atoms with Gasteiger partial charge in [-0.1, -0.05) is 30.7 Å². The Morgan fingerprint density at radius 1 is 1.12 bits per heavy atom. The molecule has 1 fully saturated rings. The van der Waals surface area contributed by atoms with Crippen LogP contribution in [0.15, 0.2) is 30.3 Å². The monoisotopic (exact) mass is 360 g/mol. The zero-order valence-electron chi connectivity index (χ0n) is 15.0. The summed E-state index contributed by atoms with van der Waals surface area (Å²) in [6.07, 6.45) is 0. The number of phenolic OH excluding ortho intramolecular Hbond substituents is 1. The molecule has 1 unspecified atom stereocenters. The van der Waals surface area contributed by atoms with E-state index < -0.39 is 10.2 Å². The Morgan fingerprint density at radius 3 is 2.28 bits per heavy atom. The average molecular weight is 360 g/mol. The first-order valence-corrected chi connectivity index (χ1v) is 9.82. The van der Waals surface area contributed by atoms with Crippen molar-refractivity contribution in [1.82, 2.24) is 4.72 Å². The van der Waals surface area contributed by atoms with Crippen molar-refractivity contribution in [3.8, 4) is 5.75 Å². The van der Waals surface area contributed by atoms with Crippen molar-refractivity contribution in [3.63, 3.8) is 0 Å². The molecule has 3 rings (SSSR count). The number of hydrogen-bond donors (Lipinski definition) is 2. The zero-order chi connectivity index (χ0) is 18.4. The van der Waals surface area contributed by atoms with Crippen LogP contribution in [0.25, 0.3) is 0 Å². The van der Waals surface area contributed by atoms with Crippen LogP contribution in [0.5, 0.6) is 5.75 Å². The van der Waals surface area contributed by atoms with Crippen LogP contribution in [0.4, 0.5) is 5.69 Å². The van der Waals surface area contributed by atoms with E-state index in [9.17, 15) is 13.5 Å². The van der Waals surface area contributed by atoms with E-state index in [0.717, 1.165) is 5.56 Å². The molecule has 0 amide bonds. The molecule has 0 spiro atoms. The summed E-state index contributed by atoms with van der Waals surface area (Å²) < 4.78 is 27.6. The molecule has 2 aromatic carbocycles. The molecule has 0 radical (unpaired) electrons. The number of nitrogens with zero attached hydrogens (tertiary/aromatic N) is 1. The van der Waals surface area contributed by atoms with Crippen molar-refractivity contribution in [2.24, 2.45) is 0 Å². The van der Waals surface area contributed by atoms with E-state index in [-0.39, 0.29) is 11.7 Å². The summed E-state index contributed by atoms with van der Waals surface area (Å²) in [6, 6.07) is 9.58.